The van der Waals surface area contributed by atoms with Crippen molar-refractivity contribution >= 4 is 17.7 Å². The molecular weight excluding hydrogens is 344 g/mol. The minimum absolute atomic E-state index is 0.0843. The van der Waals surface area contributed by atoms with E-state index < -0.39 is 0 Å². The molecule has 1 aliphatic carbocycles. The van der Waals surface area contributed by atoms with Crippen LogP contribution in [0.4, 0.5) is 0 Å². The average molecular weight is 373 g/mol. The number of hydrogen-bond donors (Lipinski definition) is 1. The maximum Gasteiger partial charge on any atom is 0.233 e. The number of amides is 1. The number of benzene rings is 1. The van der Waals surface area contributed by atoms with Crippen molar-refractivity contribution in [3.05, 3.63) is 29.8 Å². The highest BCUT2D eigenvalue weighted by atomic mass is 32.2. The third kappa shape index (κ3) is 4.47. The molecular formula is C20H28N4OS. The molecule has 5 nitrogen and oxygen atoms in total. The van der Waals surface area contributed by atoms with Crippen LogP contribution in [0.5, 0.6) is 0 Å². The summed E-state index contributed by atoms with van der Waals surface area (Å²) in [6.45, 7) is 4.80. The van der Waals surface area contributed by atoms with Crippen molar-refractivity contribution in [2.45, 2.75) is 56.4 Å². The minimum atomic E-state index is -0.189. The Kier molecular flexibility index (Phi) is 6.35. The summed E-state index contributed by atoms with van der Waals surface area (Å²) in [4.78, 5) is 12.4. The van der Waals surface area contributed by atoms with Gasteiger partial charge in [0.2, 0.25) is 5.91 Å². The number of aromatic nitrogens is 3. The lowest BCUT2D eigenvalue weighted by Gasteiger charge is -2.22. The Bertz CT molecular complexity index is 752. The lowest BCUT2D eigenvalue weighted by atomic mass is 9.89. The van der Waals surface area contributed by atoms with Gasteiger partial charge in [0.1, 0.15) is 0 Å². The van der Waals surface area contributed by atoms with Gasteiger partial charge in [-0.1, -0.05) is 55.3 Å². The first-order valence-electron chi connectivity index (χ1n) is 9.46. The molecule has 0 saturated heterocycles. The second-order valence-electron chi connectivity index (χ2n) is 7.19. The van der Waals surface area contributed by atoms with Crippen molar-refractivity contribution in [2.75, 3.05) is 6.54 Å². The van der Waals surface area contributed by atoms with Crippen molar-refractivity contribution in [1.29, 1.82) is 0 Å². The molecule has 0 radical (unpaired) electrons. The third-order valence-corrected chi connectivity index (χ3v) is 6.30. The molecule has 2 aromatic rings. The molecule has 140 valence electrons. The van der Waals surface area contributed by atoms with E-state index >= 15 is 0 Å². The quantitative estimate of drug-likeness (QED) is 0.780. The molecule has 1 atom stereocenters. The van der Waals surface area contributed by atoms with Gasteiger partial charge in [-0.3, -0.25) is 4.79 Å². The molecule has 0 aliphatic heterocycles. The summed E-state index contributed by atoms with van der Waals surface area (Å²) in [7, 11) is 1.96. The maximum absolute atomic E-state index is 12.4. The summed E-state index contributed by atoms with van der Waals surface area (Å²) in [6.07, 6.45) is 6.42. The van der Waals surface area contributed by atoms with Gasteiger partial charge in [0, 0.05) is 19.2 Å². The fourth-order valence-corrected chi connectivity index (χ4v) is 4.31. The molecule has 1 aromatic carbocycles. The van der Waals surface area contributed by atoms with Crippen LogP contribution in [-0.4, -0.2) is 32.5 Å². The van der Waals surface area contributed by atoms with Crippen LogP contribution >= 0.6 is 11.8 Å². The predicted octanol–water partition coefficient (Wildman–Crippen LogP) is 3.97. The summed E-state index contributed by atoms with van der Waals surface area (Å²) < 4.78 is 1.97. The Morgan fingerprint density at radius 1 is 1.27 bits per heavy atom. The Hall–Kier alpha value is -1.82. The van der Waals surface area contributed by atoms with E-state index in [1.807, 2.05) is 36.7 Å². The fraction of sp³-hybridized carbons (Fsp3) is 0.550. The van der Waals surface area contributed by atoms with Gasteiger partial charge in [0.15, 0.2) is 11.0 Å². The van der Waals surface area contributed by atoms with Gasteiger partial charge in [-0.2, -0.15) is 0 Å². The van der Waals surface area contributed by atoms with Gasteiger partial charge < -0.3 is 9.88 Å². The Balaban J connectivity index is 1.60. The van der Waals surface area contributed by atoms with E-state index in [9.17, 15) is 4.79 Å². The number of rotatable bonds is 6. The second kappa shape index (κ2) is 8.71. The van der Waals surface area contributed by atoms with E-state index in [-0.39, 0.29) is 11.2 Å². The van der Waals surface area contributed by atoms with E-state index in [4.69, 9.17) is 0 Å². The van der Waals surface area contributed by atoms with E-state index in [0.29, 0.717) is 5.92 Å². The first-order valence-corrected chi connectivity index (χ1v) is 10.3. The lowest BCUT2D eigenvalue weighted by molar-refractivity contribution is -0.120. The van der Waals surface area contributed by atoms with Crippen LogP contribution in [-0.2, 0) is 11.8 Å². The number of hydrogen-bond acceptors (Lipinski definition) is 4. The number of aryl methyl sites for hydroxylation is 1. The minimum Gasteiger partial charge on any atom is -0.355 e. The zero-order valence-electron chi connectivity index (χ0n) is 15.9. The zero-order chi connectivity index (χ0) is 18.5. The molecule has 1 N–H and O–H groups in total. The molecule has 0 spiro atoms. The summed E-state index contributed by atoms with van der Waals surface area (Å²) in [5.41, 5.74) is 2.24. The molecule has 0 bridgehead atoms. The number of nitrogens with zero attached hydrogens (tertiary/aromatic N) is 3. The Labute approximate surface area is 160 Å². The largest absolute Gasteiger partial charge is 0.355 e. The van der Waals surface area contributed by atoms with Gasteiger partial charge in [-0.05, 0) is 38.2 Å². The standard InChI is InChI=1S/C20H28N4OS/c1-14-9-7-8-12-17(14)18-22-23-20(24(18)3)26-15(2)19(25)21-13-16-10-5-4-6-11-16/h7-9,12,15-16H,4-6,10-11,13H2,1-3H3,(H,21,25). The molecule has 1 saturated carbocycles. The lowest BCUT2D eigenvalue weighted by Crippen LogP contribution is -2.35. The van der Waals surface area contributed by atoms with Crippen LogP contribution in [0.15, 0.2) is 29.4 Å². The van der Waals surface area contributed by atoms with Gasteiger partial charge >= 0.3 is 0 Å². The van der Waals surface area contributed by atoms with Gasteiger partial charge in [-0.25, -0.2) is 0 Å². The molecule has 1 aromatic heterocycles. The zero-order valence-corrected chi connectivity index (χ0v) is 16.7. The van der Waals surface area contributed by atoms with Crippen LogP contribution in [0.1, 0.15) is 44.6 Å². The molecule has 3 rings (SSSR count). The van der Waals surface area contributed by atoms with Crippen LogP contribution in [0.2, 0.25) is 0 Å². The van der Waals surface area contributed by atoms with Gasteiger partial charge in [-0.15, -0.1) is 10.2 Å². The van der Waals surface area contributed by atoms with Crippen LogP contribution in [0.3, 0.4) is 0 Å². The smallest absolute Gasteiger partial charge is 0.233 e. The van der Waals surface area contributed by atoms with E-state index in [0.717, 1.165) is 28.7 Å². The first kappa shape index (κ1) is 19.0. The van der Waals surface area contributed by atoms with Crippen LogP contribution in [0.25, 0.3) is 11.4 Å². The maximum atomic E-state index is 12.4. The highest BCUT2D eigenvalue weighted by Gasteiger charge is 2.21. The topological polar surface area (TPSA) is 59.8 Å². The fourth-order valence-electron chi connectivity index (χ4n) is 3.47. The molecule has 1 heterocycles. The molecule has 1 fully saturated rings. The molecule has 26 heavy (non-hydrogen) atoms. The molecule has 1 unspecified atom stereocenters. The summed E-state index contributed by atoms with van der Waals surface area (Å²) in [6, 6.07) is 8.14. The van der Waals surface area contributed by atoms with E-state index in [1.54, 1.807) is 0 Å². The SMILES string of the molecule is Cc1ccccc1-c1nnc(SC(C)C(=O)NCC2CCCCC2)n1C. The molecule has 6 heteroatoms. The van der Waals surface area contributed by atoms with Crippen molar-refractivity contribution in [2.24, 2.45) is 13.0 Å². The number of carbonyl (C=O) groups is 1. The highest BCUT2D eigenvalue weighted by molar-refractivity contribution is 8.00. The van der Waals surface area contributed by atoms with Crippen molar-refractivity contribution in [3.8, 4) is 11.4 Å². The highest BCUT2D eigenvalue weighted by Crippen LogP contribution is 2.27. The third-order valence-electron chi connectivity index (χ3n) is 5.16. The van der Waals surface area contributed by atoms with Crippen molar-refractivity contribution in [1.82, 2.24) is 20.1 Å². The van der Waals surface area contributed by atoms with Gasteiger partial charge in [0.25, 0.3) is 0 Å². The Morgan fingerprint density at radius 2 is 2.00 bits per heavy atom. The van der Waals surface area contributed by atoms with Gasteiger partial charge in [0.05, 0.1) is 5.25 Å². The van der Waals surface area contributed by atoms with Crippen LogP contribution in [0, 0.1) is 12.8 Å². The van der Waals surface area contributed by atoms with Crippen molar-refractivity contribution < 1.29 is 4.79 Å². The Morgan fingerprint density at radius 3 is 2.73 bits per heavy atom. The van der Waals surface area contributed by atoms with Crippen LogP contribution < -0.4 is 5.32 Å². The molecule has 1 amide bonds. The normalized spacial score (nSPS) is 16.4. The second-order valence-corrected chi connectivity index (χ2v) is 8.50. The summed E-state index contributed by atoms with van der Waals surface area (Å²) in [5.74, 6) is 1.56. The monoisotopic (exact) mass is 372 g/mol. The average Bonchev–Trinajstić information content (AvgIpc) is 3.01. The number of carbonyl (C=O) groups excluding carboxylic acids is 1. The molecule has 1 aliphatic rings. The van der Waals surface area contributed by atoms with Crippen molar-refractivity contribution in [3.63, 3.8) is 0 Å². The van der Waals surface area contributed by atoms with E-state index in [2.05, 4.69) is 28.5 Å². The number of thioether (sulfide) groups is 1. The predicted molar refractivity (Wildman–Crippen MR) is 106 cm³/mol. The van der Waals surface area contributed by atoms with E-state index in [1.165, 1.54) is 43.9 Å². The summed E-state index contributed by atoms with van der Waals surface area (Å²) >= 11 is 1.46. The summed E-state index contributed by atoms with van der Waals surface area (Å²) in [5, 5.41) is 12.3. The number of nitrogens with one attached hydrogen (secondary N) is 1. The first-order chi connectivity index (χ1) is 12.6.